The zero-order chi connectivity index (χ0) is 14.5. The summed E-state index contributed by atoms with van der Waals surface area (Å²) in [4.78, 5) is 4.49. The number of rotatable bonds is 7. The maximum atomic E-state index is 6.43. The number of hydrogen-bond donors (Lipinski definition) is 1. The molecule has 1 aromatic heterocycles. The van der Waals surface area contributed by atoms with Gasteiger partial charge >= 0.3 is 0 Å². The molecule has 1 saturated carbocycles. The maximum absolute atomic E-state index is 6.43. The summed E-state index contributed by atoms with van der Waals surface area (Å²) < 4.78 is 6.43. The lowest BCUT2D eigenvalue weighted by atomic mass is 9.77. The minimum Gasteiger partial charge on any atom is -0.485 e. The van der Waals surface area contributed by atoms with E-state index in [1.54, 1.807) is 0 Å². The number of nitrogens with one attached hydrogen (secondary N) is 1. The number of aromatic nitrogens is 1. The Morgan fingerprint density at radius 2 is 2.05 bits per heavy atom. The second-order valence-electron chi connectivity index (χ2n) is 5.97. The second kappa shape index (κ2) is 6.44. The van der Waals surface area contributed by atoms with Crippen molar-refractivity contribution in [1.82, 2.24) is 10.3 Å². The third-order valence-electron chi connectivity index (χ3n) is 4.37. The summed E-state index contributed by atoms with van der Waals surface area (Å²) in [6.07, 6.45) is 7.68. The number of pyridine rings is 1. The van der Waals surface area contributed by atoms with E-state index in [1.165, 1.54) is 12.8 Å². The third-order valence-corrected chi connectivity index (χ3v) is 4.37. The van der Waals surface area contributed by atoms with E-state index in [9.17, 15) is 0 Å². The van der Waals surface area contributed by atoms with Crippen molar-refractivity contribution < 1.29 is 4.74 Å². The number of benzene rings is 1. The van der Waals surface area contributed by atoms with E-state index in [1.807, 2.05) is 12.3 Å². The molecule has 2 aromatic rings. The van der Waals surface area contributed by atoms with Gasteiger partial charge in [-0.05, 0) is 57.3 Å². The topological polar surface area (TPSA) is 34.1 Å². The monoisotopic (exact) mass is 284 g/mol. The zero-order valence-electron chi connectivity index (χ0n) is 12.8. The fourth-order valence-electron chi connectivity index (χ4n) is 2.98. The van der Waals surface area contributed by atoms with Crippen molar-refractivity contribution in [2.75, 3.05) is 13.1 Å². The van der Waals surface area contributed by atoms with Crippen molar-refractivity contribution in [2.24, 2.45) is 0 Å². The van der Waals surface area contributed by atoms with Crippen LogP contribution in [-0.4, -0.2) is 23.7 Å². The average Bonchev–Trinajstić information content (AvgIpc) is 2.49. The van der Waals surface area contributed by atoms with Crippen LogP contribution in [0, 0.1) is 0 Å². The predicted molar refractivity (Wildman–Crippen MR) is 86.7 cm³/mol. The highest BCUT2D eigenvalue weighted by Gasteiger charge is 2.39. The Bertz CT molecular complexity index is 587. The Labute approximate surface area is 126 Å². The number of para-hydroxylation sites is 1. The molecule has 21 heavy (non-hydrogen) atoms. The third kappa shape index (κ3) is 3.18. The standard InChI is InChI=1S/C18H24N2O/c1-2-12-19-14-11-18(9-5-10-18)21-16-8-3-6-15-7-4-13-20-17(15)16/h3-4,6-8,13,19H,2,5,9-12,14H2,1H3. The summed E-state index contributed by atoms with van der Waals surface area (Å²) in [5, 5.41) is 4.63. The minimum atomic E-state index is 0.0204. The molecule has 0 spiro atoms. The van der Waals surface area contributed by atoms with E-state index < -0.39 is 0 Å². The first-order valence-corrected chi connectivity index (χ1v) is 8.06. The Kier molecular flexibility index (Phi) is 4.39. The molecular weight excluding hydrogens is 260 g/mol. The Balaban J connectivity index is 1.73. The van der Waals surface area contributed by atoms with Gasteiger partial charge in [-0.15, -0.1) is 0 Å². The van der Waals surface area contributed by atoms with Crippen LogP contribution in [0.25, 0.3) is 10.9 Å². The molecule has 1 N–H and O–H groups in total. The van der Waals surface area contributed by atoms with Gasteiger partial charge in [0.05, 0.1) is 0 Å². The lowest BCUT2D eigenvalue weighted by molar-refractivity contribution is -0.0130. The molecule has 3 heteroatoms. The maximum Gasteiger partial charge on any atom is 0.146 e. The first-order valence-electron chi connectivity index (χ1n) is 8.06. The molecule has 0 aliphatic heterocycles. The van der Waals surface area contributed by atoms with Gasteiger partial charge in [0.2, 0.25) is 0 Å². The molecule has 0 bridgehead atoms. The second-order valence-corrected chi connectivity index (χ2v) is 5.97. The molecule has 1 aliphatic carbocycles. The lowest BCUT2D eigenvalue weighted by Crippen LogP contribution is -2.45. The molecule has 0 saturated heterocycles. The first kappa shape index (κ1) is 14.3. The van der Waals surface area contributed by atoms with Crippen LogP contribution in [0.4, 0.5) is 0 Å². The molecule has 3 rings (SSSR count). The molecular formula is C18H24N2O. The van der Waals surface area contributed by atoms with Crippen LogP contribution in [0.3, 0.4) is 0 Å². The number of fused-ring (bicyclic) bond motifs is 1. The fraction of sp³-hybridized carbons (Fsp3) is 0.500. The summed E-state index contributed by atoms with van der Waals surface area (Å²) in [6.45, 7) is 4.32. The molecule has 0 atom stereocenters. The lowest BCUT2D eigenvalue weighted by Gasteiger charge is -2.42. The van der Waals surface area contributed by atoms with Gasteiger partial charge < -0.3 is 10.1 Å². The van der Waals surface area contributed by atoms with Gasteiger partial charge in [-0.3, -0.25) is 4.98 Å². The Morgan fingerprint density at radius 1 is 1.19 bits per heavy atom. The van der Waals surface area contributed by atoms with Crippen molar-refractivity contribution in [2.45, 2.75) is 44.6 Å². The van der Waals surface area contributed by atoms with Crippen molar-refractivity contribution in [3.63, 3.8) is 0 Å². The SMILES string of the molecule is CCCNCCC1(Oc2cccc3cccnc23)CCC1. The van der Waals surface area contributed by atoms with Gasteiger partial charge in [-0.1, -0.05) is 25.1 Å². The quantitative estimate of drug-likeness (QED) is 0.782. The minimum absolute atomic E-state index is 0.0204. The predicted octanol–water partition coefficient (Wildman–Crippen LogP) is 3.93. The molecule has 1 fully saturated rings. The largest absolute Gasteiger partial charge is 0.485 e. The van der Waals surface area contributed by atoms with E-state index >= 15 is 0 Å². The van der Waals surface area contributed by atoms with Crippen molar-refractivity contribution in [1.29, 1.82) is 0 Å². The van der Waals surface area contributed by atoms with Gasteiger partial charge in [-0.2, -0.15) is 0 Å². The van der Waals surface area contributed by atoms with Gasteiger partial charge in [0.25, 0.3) is 0 Å². The molecule has 0 radical (unpaired) electrons. The zero-order valence-corrected chi connectivity index (χ0v) is 12.8. The summed E-state index contributed by atoms with van der Waals surface area (Å²) in [6, 6.07) is 10.3. The van der Waals surface area contributed by atoms with Crippen LogP contribution in [0.1, 0.15) is 39.0 Å². The molecule has 3 nitrogen and oxygen atoms in total. The normalized spacial score (nSPS) is 16.6. The van der Waals surface area contributed by atoms with Crippen LogP contribution in [0.15, 0.2) is 36.5 Å². The van der Waals surface area contributed by atoms with Crippen LogP contribution in [0.2, 0.25) is 0 Å². The van der Waals surface area contributed by atoms with Gasteiger partial charge in [0, 0.05) is 11.6 Å². The summed E-state index contributed by atoms with van der Waals surface area (Å²) in [5.74, 6) is 0.934. The van der Waals surface area contributed by atoms with Crippen LogP contribution < -0.4 is 10.1 Å². The summed E-state index contributed by atoms with van der Waals surface area (Å²) in [5.41, 5.74) is 1.000. The Morgan fingerprint density at radius 3 is 2.81 bits per heavy atom. The van der Waals surface area contributed by atoms with Crippen LogP contribution in [-0.2, 0) is 0 Å². The van der Waals surface area contributed by atoms with Crippen LogP contribution in [0.5, 0.6) is 5.75 Å². The van der Waals surface area contributed by atoms with Gasteiger partial charge in [-0.25, -0.2) is 0 Å². The molecule has 1 heterocycles. The number of ether oxygens (including phenoxy) is 1. The first-order chi connectivity index (χ1) is 10.3. The molecule has 0 amide bonds. The van der Waals surface area contributed by atoms with E-state index in [0.29, 0.717) is 0 Å². The highest BCUT2D eigenvalue weighted by Crippen LogP contribution is 2.40. The smallest absolute Gasteiger partial charge is 0.146 e. The molecule has 1 aromatic carbocycles. The van der Waals surface area contributed by atoms with Crippen molar-refractivity contribution in [3.05, 3.63) is 36.5 Å². The summed E-state index contributed by atoms with van der Waals surface area (Å²) in [7, 11) is 0. The van der Waals surface area contributed by atoms with E-state index in [-0.39, 0.29) is 5.60 Å². The molecule has 1 aliphatic rings. The Hall–Kier alpha value is -1.61. The highest BCUT2D eigenvalue weighted by molar-refractivity contribution is 5.84. The summed E-state index contributed by atoms with van der Waals surface area (Å²) >= 11 is 0. The molecule has 112 valence electrons. The number of nitrogens with zero attached hydrogens (tertiary/aromatic N) is 1. The van der Waals surface area contributed by atoms with E-state index in [4.69, 9.17) is 4.74 Å². The van der Waals surface area contributed by atoms with Gasteiger partial charge in [0.15, 0.2) is 0 Å². The molecule has 0 unspecified atom stereocenters. The van der Waals surface area contributed by atoms with Crippen LogP contribution >= 0.6 is 0 Å². The van der Waals surface area contributed by atoms with E-state index in [2.05, 4.69) is 41.5 Å². The number of hydrogen-bond acceptors (Lipinski definition) is 3. The highest BCUT2D eigenvalue weighted by atomic mass is 16.5. The fourth-order valence-corrected chi connectivity index (χ4v) is 2.98. The van der Waals surface area contributed by atoms with E-state index in [0.717, 1.165) is 49.0 Å². The average molecular weight is 284 g/mol. The van der Waals surface area contributed by atoms with Crippen molar-refractivity contribution >= 4 is 10.9 Å². The van der Waals surface area contributed by atoms with Crippen molar-refractivity contribution in [3.8, 4) is 5.75 Å². The van der Waals surface area contributed by atoms with Gasteiger partial charge in [0.1, 0.15) is 16.9 Å².